The normalized spacial score (nSPS) is 19.9. The van der Waals surface area contributed by atoms with E-state index in [1.807, 2.05) is 18.4 Å². The molecule has 1 N–H and O–H groups in total. The van der Waals surface area contributed by atoms with Gasteiger partial charge in [-0.1, -0.05) is 0 Å². The Morgan fingerprint density at radius 1 is 1.69 bits per heavy atom. The SMILES string of the molecule is Cc1cc(C(=O)NCCC2CCOC2)cs1. The maximum atomic E-state index is 11.7. The van der Waals surface area contributed by atoms with Crippen molar-refractivity contribution in [1.82, 2.24) is 5.32 Å². The van der Waals surface area contributed by atoms with Gasteiger partial charge in [-0.3, -0.25) is 4.79 Å². The highest BCUT2D eigenvalue weighted by molar-refractivity contribution is 7.10. The van der Waals surface area contributed by atoms with E-state index in [0.29, 0.717) is 5.92 Å². The van der Waals surface area contributed by atoms with E-state index in [-0.39, 0.29) is 5.91 Å². The van der Waals surface area contributed by atoms with Crippen LogP contribution in [0.5, 0.6) is 0 Å². The van der Waals surface area contributed by atoms with Gasteiger partial charge in [-0.15, -0.1) is 11.3 Å². The molecular weight excluding hydrogens is 222 g/mol. The summed E-state index contributed by atoms with van der Waals surface area (Å²) in [6.45, 7) is 4.49. The summed E-state index contributed by atoms with van der Waals surface area (Å²) in [5.41, 5.74) is 0.783. The summed E-state index contributed by atoms with van der Waals surface area (Å²) in [5.74, 6) is 0.674. The van der Waals surface area contributed by atoms with Crippen LogP contribution < -0.4 is 5.32 Å². The van der Waals surface area contributed by atoms with Gasteiger partial charge in [0.25, 0.3) is 5.91 Å². The van der Waals surface area contributed by atoms with Gasteiger partial charge in [0, 0.05) is 30.0 Å². The van der Waals surface area contributed by atoms with E-state index in [1.54, 1.807) is 11.3 Å². The van der Waals surface area contributed by atoms with Gasteiger partial charge in [-0.2, -0.15) is 0 Å². The number of aryl methyl sites for hydroxylation is 1. The molecule has 2 rings (SSSR count). The first kappa shape index (κ1) is 11.6. The van der Waals surface area contributed by atoms with Gasteiger partial charge in [0.05, 0.1) is 5.56 Å². The van der Waals surface area contributed by atoms with E-state index in [4.69, 9.17) is 4.74 Å². The fourth-order valence-electron chi connectivity index (χ4n) is 1.87. The minimum atomic E-state index is 0.0447. The number of hydrogen-bond donors (Lipinski definition) is 1. The molecule has 1 atom stereocenters. The minimum Gasteiger partial charge on any atom is -0.381 e. The first-order valence-corrected chi connectivity index (χ1v) is 6.55. The third kappa shape index (κ3) is 3.06. The summed E-state index contributed by atoms with van der Waals surface area (Å²) in [6.07, 6.45) is 2.16. The molecule has 1 saturated heterocycles. The summed E-state index contributed by atoms with van der Waals surface area (Å²) in [6, 6.07) is 1.93. The van der Waals surface area contributed by atoms with Crippen molar-refractivity contribution < 1.29 is 9.53 Å². The van der Waals surface area contributed by atoms with Crippen molar-refractivity contribution in [2.75, 3.05) is 19.8 Å². The molecule has 3 nitrogen and oxygen atoms in total. The van der Waals surface area contributed by atoms with Gasteiger partial charge in [0.15, 0.2) is 0 Å². The standard InChI is InChI=1S/C12H17NO2S/c1-9-6-11(8-16-9)12(14)13-4-2-10-3-5-15-7-10/h6,8,10H,2-5,7H2,1H3,(H,13,14). The molecule has 0 spiro atoms. The monoisotopic (exact) mass is 239 g/mol. The molecule has 4 heteroatoms. The number of carbonyl (C=O) groups is 1. The number of thiophene rings is 1. The Morgan fingerprint density at radius 3 is 3.19 bits per heavy atom. The van der Waals surface area contributed by atoms with E-state index in [1.165, 1.54) is 4.88 Å². The summed E-state index contributed by atoms with van der Waals surface area (Å²) in [4.78, 5) is 12.9. The zero-order chi connectivity index (χ0) is 11.4. The largest absolute Gasteiger partial charge is 0.381 e. The maximum absolute atomic E-state index is 11.7. The van der Waals surface area contributed by atoms with Crippen LogP contribution >= 0.6 is 11.3 Å². The van der Waals surface area contributed by atoms with Crippen LogP contribution in [0, 0.1) is 12.8 Å². The third-order valence-corrected chi connectivity index (χ3v) is 3.72. The third-order valence-electron chi connectivity index (χ3n) is 2.85. The number of rotatable bonds is 4. The fourth-order valence-corrected chi connectivity index (χ4v) is 2.55. The molecule has 16 heavy (non-hydrogen) atoms. The second-order valence-corrected chi connectivity index (χ2v) is 5.34. The summed E-state index contributed by atoms with van der Waals surface area (Å²) >= 11 is 1.61. The predicted molar refractivity (Wildman–Crippen MR) is 64.9 cm³/mol. The van der Waals surface area contributed by atoms with Crippen molar-refractivity contribution in [1.29, 1.82) is 0 Å². The molecule has 1 aromatic heterocycles. The zero-order valence-corrected chi connectivity index (χ0v) is 10.3. The topological polar surface area (TPSA) is 38.3 Å². The van der Waals surface area contributed by atoms with Crippen LogP contribution in [0.1, 0.15) is 28.1 Å². The minimum absolute atomic E-state index is 0.0447. The van der Waals surface area contributed by atoms with Crippen molar-refractivity contribution >= 4 is 17.2 Å². The average molecular weight is 239 g/mol. The lowest BCUT2D eigenvalue weighted by molar-refractivity contribution is 0.0951. The van der Waals surface area contributed by atoms with Crippen molar-refractivity contribution in [3.8, 4) is 0 Å². The van der Waals surface area contributed by atoms with Crippen LogP contribution in [0.25, 0.3) is 0 Å². The van der Waals surface area contributed by atoms with Crippen molar-refractivity contribution in [3.63, 3.8) is 0 Å². The Balaban J connectivity index is 1.71. The second-order valence-electron chi connectivity index (χ2n) is 4.22. The van der Waals surface area contributed by atoms with Crippen molar-refractivity contribution in [3.05, 3.63) is 21.9 Å². The van der Waals surface area contributed by atoms with Crippen molar-refractivity contribution in [2.24, 2.45) is 5.92 Å². The quantitative estimate of drug-likeness (QED) is 0.875. The number of carbonyl (C=O) groups excluding carboxylic acids is 1. The Morgan fingerprint density at radius 2 is 2.56 bits per heavy atom. The number of hydrogen-bond acceptors (Lipinski definition) is 3. The highest BCUT2D eigenvalue weighted by Gasteiger charge is 2.15. The first-order chi connectivity index (χ1) is 7.75. The summed E-state index contributed by atoms with van der Waals surface area (Å²) in [5, 5.41) is 4.86. The van der Waals surface area contributed by atoms with Crippen LogP contribution in [-0.2, 0) is 4.74 Å². The zero-order valence-electron chi connectivity index (χ0n) is 9.49. The van der Waals surface area contributed by atoms with E-state index in [2.05, 4.69) is 5.32 Å². The van der Waals surface area contributed by atoms with Gasteiger partial charge in [-0.25, -0.2) is 0 Å². The molecule has 1 fully saturated rings. The summed E-state index contributed by atoms with van der Waals surface area (Å²) < 4.78 is 5.29. The fraction of sp³-hybridized carbons (Fsp3) is 0.583. The van der Waals surface area contributed by atoms with Gasteiger partial charge in [-0.05, 0) is 31.7 Å². The van der Waals surface area contributed by atoms with E-state index in [9.17, 15) is 4.79 Å². The van der Waals surface area contributed by atoms with Crippen LogP contribution in [0.4, 0.5) is 0 Å². The van der Waals surface area contributed by atoms with Gasteiger partial charge in [0.1, 0.15) is 0 Å². The van der Waals surface area contributed by atoms with Crippen LogP contribution in [0.15, 0.2) is 11.4 Å². The smallest absolute Gasteiger partial charge is 0.252 e. The van der Waals surface area contributed by atoms with Crippen LogP contribution in [0.2, 0.25) is 0 Å². The van der Waals surface area contributed by atoms with E-state index < -0.39 is 0 Å². The number of amides is 1. The molecule has 88 valence electrons. The second kappa shape index (κ2) is 5.46. The van der Waals surface area contributed by atoms with Gasteiger partial charge < -0.3 is 10.1 Å². The molecule has 1 unspecified atom stereocenters. The molecule has 1 aromatic rings. The molecule has 0 bridgehead atoms. The highest BCUT2D eigenvalue weighted by atomic mass is 32.1. The average Bonchev–Trinajstić information content (AvgIpc) is 2.89. The lowest BCUT2D eigenvalue weighted by Crippen LogP contribution is -2.25. The van der Waals surface area contributed by atoms with E-state index >= 15 is 0 Å². The molecule has 1 amide bonds. The highest BCUT2D eigenvalue weighted by Crippen LogP contribution is 2.16. The van der Waals surface area contributed by atoms with E-state index in [0.717, 1.165) is 38.2 Å². The lowest BCUT2D eigenvalue weighted by atomic mass is 10.1. The van der Waals surface area contributed by atoms with Gasteiger partial charge >= 0.3 is 0 Å². The first-order valence-electron chi connectivity index (χ1n) is 5.67. The molecule has 2 heterocycles. The Labute approximate surface area is 99.8 Å². The Hall–Kier alpha value is -0.870. The molecule has 0 radical (unpaired) electrons. The van der Waals surface area contributed by atoms with Crippen molar-refractivity contribution in [2.45, 2.75) is 19.8 Å². The molecule has 0 aromatic carbocycles. The molecular formula is C12H17NO2S. The molecule has 0 saturated carbocycles. The predicted octanol–water partition coefficient (Wildman–Crippen LogP) is 2.21. The maximum Gasteiger partial charge on any atom is 0.252 e. The number of nitrogens with one attached hydrogen (secondary N) is 1. The Bertz CT molecular complexity index is 356. The molecule has 1 aliphatic rings. The van der Waals surface area contributed by atoms with Gasteiger partial charge in [0.2, 0.25) is 0 Å². The molecule has 1 aliphatic heterocycles. The summed E-state index contributed by atoms with van der Waals surface area (Å²) in [7, 11) is 0. The number of ether oxygens (including phenoxy) is 1. The lowest BCUT2D eigenvalue weighted by Gasteiger charge is -2.07. The molecule has 0 aliphatic carbocycles. The Kier molecular flexibility index (Phi) is 3.96. The van der Waals surface area contributed by atoms with Crippen LogP contribution in [-0.4, -0.2) is 25.7 Å². The van der Waals surface area contributed by atoms with Crippen LogP contribution in [0.3, 0.4) is 0 Å².